The predicted molar refractivity (Wildman–Crippen MR) is 237 cm³/mol. The molecule has 0 radical (unpaired) electrons. The number of hydrogen-bond acceptors (Lipinski definition) is 10. The van der Waals surface area contributed by atoms with Gasteiger partial charge in [-0.05, 0) is 91.6 Å². The minimum absolute atomic E-state index is 0.131. The third-order valence-electron chi connectivity index (χ3n) is 11.5. The summed E-state index contributed by atoms with van der Waals surface area (Å²) in [6.07, 6.45) is 1.79. The van der Waals surface area contributed by atoms with Crippen LogP contribution in [0.3, 0.4) is 0 Å². The molecule has 2 aromatic heterocycles. The normalized spacial score (nSPS) is 18.6. The molecule has 0 saturated carbocycles. The van der Waals surface area contributed by atoms with Gasteiger partial charge in [0.05, 0.1) is 29.4 Å². The van der Waals surface area contributed by atoms with E-state index < -0.39 is 23.9 Å². The molecule has 2 fully saturated rings. The predicted octanol–water partition coefficient (Wildman–Crippen LogP) is 5.40. The zero-order valence-corrected chi connectivity index (χ0v) is 37.8. The number of piperidine rings is 2. The summed E-state index contributed by atoms with van der Waals surface area (Å²) in [5.41, 5.74) is 6.11. The number of carbonyl (C=O) groups excluding carboxylic acids is 8. The average Bonchev–Trinajstić information content (AvgIpc) is 4.00. The fourth-order valence-corrected chi connectivity index (χ4v) is 10.2. The number of rotatable bonds is 11. The number of hydrogen-bond donors (Lipinski definition) is 5. The lowest BCUT2D eigenvalue weighted by Gasteiger charge is -2.29. The highest BCUT2D eigenvalue weighted by molar-refractivity contribution is 7.14. The van der Waals surface area contributed by atoms with E-state index in [9.17, 15) is 38.4 Å². The summed E-state index contributed by atoms with van der Waals surface area (Å²) in [6, 6.07) is 11.8. The van der Waals surface area contributed by atoms with Crippen LogP contribution in [-0.4, -0.2) is 75.8 Å². The van der Waals surface area contributed by atoms with Crippen LogP contribution in [0.25, 0.3) is 0 Å². The number of amides is 9. The Balaban J connectivity index is 0.000000189. The first kappa shape index (κ1) is 45.4. The molecule has 4 aromatic rings. The van der Waals surface area contributed by atoms with Crippen molar-refractivity contribution < 1.29 is 38.4 Å². The molecule has 0 bridgehead atoms. The van der Waals surface area contributed by atoms with Crippen molar-refractivity contribution in [2.75, 3.05) is 6.54 Å². The average molecular weight is 935 g/mol. The summed E-state index contributed by atoms with van der Waals surface area (Å²) in [6.45, 7) is 7.41. The Morgan fingerprint density at radius 1 is 0.794 bits per heavy atom. The number of nitrogens with one attached hydrogen (secondary N) is 5. The van der Waals surface area contributed by atoms with Crippen molar-refractivity contribution in [1.82, 2.24) is 36.4 Å². The number of aryl methyl sites for hydroxylation is 2. The van der Waals surface area contributed by atoms with Crippen LogP contribution in [0, 0.1) is 13.8 Å². The molecule has 330 valence electrons. The lowest BCUT2D eigenvalue weighted by atomic mass is 9.99. The highest BCUT2D eigenvalue weighted by atomic mass is 35.5. The number of fused-ring (bicyclic) bond motifs is 2. The van der Waals surface area contributed by atoms with Gasteiger partial charge >= 0.3 is 6.03 Å². The zero-order valence-electron chi connectivity index (χ0n) is 34.7. The van der Waals surface area contributed by atoms with Gasteiger partial charge in [-0.15, -0.1) is 22.7 Å². The summed E-state index contributed by atoms with van der Waals surface area (Å²) in [5, 5.41) is 16.3. The van der Waals surface area contributed by atoms with Crippen LogP contribution in [0.15, 0.2) is 47.8 Å². The van der Waals surface area contributed by atoms with E-state index in [0.717, 1.165) is 43.1 Å². The summed E-state index contributed by atoms with van der Waals surface area (Å²) >= 11 is 15.0. The monoisotopic (exact) mass is 933 g/mol. The molecule has 3 atom stereocenters. The molecule has 2 saturated heterocycles. The van der Waals surface area contributed by atoms with Crippen molar-refractivity contribution in [3.63, 3.8) is 0 Å². The molecular formula is C44H45Cl2N7O8S2. The Morgan fingerprint density at radius 3 is 2.05 bits per heavy atom. The van der Waals surface area contributed by atoms with Crippen LogP contribution >= 0.6 is 45.9 Å². The second kappa shape index (κ2) is 19.4. The Labute approximate surface area is 381 Å². The van der Waals surface area contributed by atoms with Gasteiger partial charge in [0.25, 0.3) is 11.8 Å². The first-order valence-electron chi connectivity index (χ1n) is 20.4. The van der Waals surface area contributed by atoms with Crippen molar-refractivity contribution in [3.8, 4) is 0 Å². The number of benzene rings is 2. The van der Waals surface area contributed by atoms with E-state index in [0.29, 0.717) is 72.5 Å². The lowest BCUT2D eigenvalue weighted by molar-refractivity contribution is -0.138. The maximum absolute atomic E-state index is 12.8. The molecule has 8 rings (SSSR count). The molecule has 2 aromatic carbocycles. The maximum atomic E-state index is 12.8. The second-order valence-electron chi connectivity index (χ2n) is 15.8. The fourth-order valence-electron chi connectivity index (χ4n) is 7.73. The van der Waals surface area contributed by atoms with Crippen molar-refractivity contribution in [2.24, 2.45) is 0 Å². The zero-order chi connectivity index (χ0) is 45.1. The molecule has 0 aliphatic carbocycles. The van der Waals surface area contributed by atoms with E-state index in [4.69, 9.17) is 23.2 Å². The van der Waals surface area contributed by atoms with Crippen molar-refractivity contribution in [3.05, 3.63) is 111 Å². The second-order valence-corrected chi connectivity index (χ2v) is 18.7. The van der Waals surface area contributed by atoms with Crippen molar-refractivity contribution in [2.45, 2.75) is 97.1 Å². The van der Waals surface area contributed by atoms with E-state index in [1.165, 1.54) is 32.5 Å². The van der Waals surface area contributed by atoms with E-state index in [1.807, 2.05) is 57.2 Å². The van der Waals surface area contributed by atoms with Crippen LogP contribution in [0.4, 0.5) is 4.79 Å². The number of thiophene rings is 2. The molecule has 9 amide bonds. The molecule has 0 spiro atoms. The minimum Gasteiger partial charge on any atom is -0.351 e. The Hall–Kier alpha value is -5.62. The molecular weight excluding hydrogens is 890 g/mol. The Bertz CT molecular complexity index is 2540. The van der Waals surface area contributed by atoms with Crippen LogP contribution in [0.2, 0.25) is 10.0 Å². The smallest absolute Gasteiger partial charge is 0.315 e. The van der Waals surface area contributed by atoms with E-state index in [2.05, 4.69) is 26.6 Å². The van der Waals surface area contributed by atoms with Crippen molar-refractivity contribution >= 4 is 93.3 Å². The fraction of sp³-hybridized carbons (Fsp3) is 0.364. The third kappa shape index (κ3) is 10.3. The van der Waals surface area contributed by atoms with Gasteiger partial charge in [0.15, 0.2) is 0 Å². The molecule has 6 heterocycles. The number of imide groups is 2. The van der Waals surface area contributed by atoms with Gasteiger partial charge in [-0.3, -0.25) is 44.2 Å². The molecule has 4 aliphatic rings. The summed E-state index contributed by atoms with van der Waals surface area (Å²) in [4.78, 5) is 103. The molecule has 5 N–H and O–H groups in total. The highest BCUT2D eigenvalue weighted by Crippen LogP contribution is 2.35. The van der Waals surface area contributed by atoms with Gasteiger partial charge in [0, 0.05) is 57.7 Å². The summed E-state index contributed by atoms with van der Waals surface area (Å²) < 4.78 is 0. The largest absolute Gasteiger partial charge is 0.351 e. The third-order valence-corrected chi connectivity index (χ3v) is 14.5. The minimum atomic E-state index is -0.642. The standard InChI is InChI=1S/C22H23ClN4O4S.C22H22ClN3O4S/c1-12-2-3-13(8-16(12)23)6-7-24-22(31)25-10-15-9-14-11-27(21(30)19(14)32-15)17-4-5-18(28)26-20(17)29;1-11-3-4-13(7-16(11)23)12(2)20(28)24-8-18-14-9-26(22(30)15(14)10-31-18)17-5-6-19(27)25-21(17)29/h2-3,8-9,17H,4-7,10-11H2,1H3,(H2,24,25,31)(H,26,28,29);3-4,7,10,12,17H,5-6,8-9H2,1-2H3,(H,24,28)(H,25,27,29). The highest BCUT2D eigenvalue weighted by Gasteiger charge is 2.42. The first-order chi connectivity index (χ1) is 30.1. The van der Waals surface area contributed by atoms with Crippen LogP contribution in [0.5, 0.6) is 0 Å². The van der Waals surface area contributed by atoms with Gasteiger partial charge in [0.2, 0.25) is 29.5 Å². The number of urea groups is 1. The first-order valence-corrected chi connectivity index (χ1v) is 22.8. The molecule has 3 unspecified atom stereocenters. The topological polar surface area (TPSA) is 203 Å². The van der Waals surface area contributed by atoms with Gasteiger partial charge in [-0.1, -0.05) is 47.5 Å². The van der Waals surface area contributed by atoms with E-state index in [1.54, 1.807) is 11.4 Å². The molecule has 4 aliphatic heterocycles. The molecule has 15 nitrogen and oxygen atoms in total. The number of halogens is 2. The van der Waals surface area contributed by atoms with Gasteiger partial charge in [0.1, 0.15) is 12.1 Å². The van der Waals surface area contributed by atoms with E-state index >= 15 is 0 Å². The van der Waals surface area contributed by atoms with Crippen LogP contribution in [-0.2, 0) is 56.6 Å². The SMILES string of the molecule is Cc1ccc(C(C)C(=O)NCc2scc3c2CN(C2CCC(=O)NC2=O)C3=O)cc1Cl.Cc1ccc(CCNC(=O)NCc2cc3c(s2)C(=O)N(C2CCC(=O)NC2=O)C3)cc1Cl. The quantitative estimate of drug-likeness (QED) is 0.123. The maximum Gasteiger partial charge on any atom is 0.315 e. The van der Waals surface area contributed by atoms with Crippen LogP contribution < -0.4 is 26.6 Å². The number of nitrogens with zero attached hydrogens (tertiary/aromatic N) is 2. The summed E-state index contributed by atoms with van der Waals surface area (Å²) in [7, 11) is 0. The summed E-state index contributed by atoms with van der Waals surface area (Å²) in [5.74, 6) is -2.37. The number of carbonyl (C=O) groups is 8. The lowest BCUT2D eigenvalue weighted by Crippen LogP contribution is -2.52. The van der Waals surface area contributed by atoms with E-state index in [-0.39, 0.29) is 54.3 Å². The van der Waals surface area contributed by atoms with Crippen molar-refractivity contribution in [1.29, 1.82) is 0 Å². The van der Waals surface area contributed by atoms with Gasteiger partial charge in [-0.2, -0.15) is 0 Å². The Kier molecular flexibility index (Phi) is 14.0. The Morgan fingerprint density at radius 2 is 1.43 bits per heavy atom. The van der Waals surface area contributed by atoms with Gasteiger partial charge in [-0.25, -0.2) is 4.79 Å². The molecule has 19 heteroatoms. The molecule has 63 heavy (non-hydrogen) atoms. The van der Waals surface area contributed by atoms with Gasteiger partial charge < -0.3 is 25.8 Å². The van der Waals surface area contributed by atoms with Crippen LogP contribution in [0.1, 0.15) is 102 Å².